The smallest absolute Gasteiger partial charge is 0.291 e. The fourth-order valence-corrected chi connectivity index (χ4v) is 3.74. The molecule has 1 fully saturated rings. The number of anilines is 1. The molecule has 30 heavy (non-hydrogen) atoms. The van der Waals surface area contributed by atoms with E-state index >= 15 is 0 Å². The van der Waals surface area contributed by atoms with Crippen molar-refractivity contribution in [2.24, 2.45) is 0 Å². The second-order valence-electron chi connectivity index (χ2n) is 7.40. The summed E-state index contributed by atoms with van der Waals surface area (Å²) in [7, 11) is 0. The number of nitrogens with zero attached hydrogens (tertiary/aromatic N) is 2. The van der Waals surface area contributed by atoms with Gasteiger partial charge in [-0.25, -0.2) is 4.39 Å². The Balaban J connectivity index is 1.61. The second-order valence-corrected chi connectivity index (χ2v) is 7.40. The summed E-state index contributed by atoms with van der Waals surface area (Å²) in [6, 6.07) is 12.5. The number of para-hydroxylation sites is 1. The van der Waals surface area contributed by atoms with Crippen LogP contribution in [0.25, 0.3) is 11.0 Å². The molecule has 1 aromatic heterocycles. The number of nitrogens with one attached hydrogen (secondary N) is 1. The SMILES string of the molecule is CCCN1CCN(C(=O)c2oc3ccccc3c2NC(=O)c2ccc(F)cc2)CC1. The molecule has 3 aromatic rings. The molecule has 0 spiro atoms. The number of carbonyl (C=O) groups excluding carboxylic acids is 2. The third kappa shape index (κ3) is 4.07. The molecule has 2 heterocycles. The van der Waals surface area contributed by atoms with E-state index < -0.39 is 11.7 Å². The first-order chi connectivity index (χ1) is 14.6. The van der Waals surface area contributed by atoms with Crippen molar-refractivity contribution in [1.29, 1.82) is 0 Å². The van der Waals surface area contributed by atoms with E-state index in [1.54, 1.807) is 17.0 Å². The maximum atomic E-state index is 13.2. The number of fused-ring (bicyclic) bond motifs is 1. The first-order valence-corrected chi connectivity index (χ1v) is 10.2. The minimum absolute atomic E-state index is 0.121. The summed E-state index contributed by atoms with van der Waals surface area (Å²) in [6.45, 7) is 6.02. The normalized spacial score (nSPS) is 14.8. The molecule has 0 bridgehead atoms. The standard InChI is InChI=1S/C23H24FN3O3/c1-2-11-26-12-14-27(15-13-26)23(29)21-20(18-5-3-4-6-19(18)30-21)25-22(28)16-7-9-17(24)10-8-16/h3-10H,2,11-15H2,1H3,(H,25,28). The lowest BCUT2D eigenvalue weighted by Gasteiger charge is -2.34. The molecule has 2 amide bonds. The van der Waals surface area contributed by atoms with E-state index in [1.807, 2.05) is 12.1 Å². The molecule has 1 aliphatic rings. The Morgan fingerprint density at radius 2 is 1.73 bits per heavy atom. The Morgan fingerprint density at radius 3 is 2.43 bits per heavy atom. The van der Waals surface area contributed by atoms with Crippen LogP contribution >= 0.6 is 0 Å². The summed E-state index contributed by atoms with van der Waals surface area (Å²) in [5.74, 6) is -0.964. The highest BCUT2D eigenvalue weighted by Gasteiger charge is 2.28. The van der Waals surface area contributed by atoms with Gasteiger partial charge in [-0.3, -0.25) is 14.5 Å². The molecule has 156 valence electrons. The number of carbonyl (C=O) groups is 2. The lowest BCUT2D eigenvalue weighted by atomic mass is 10.1. The van der Waals surface area contributed by atoms with Gasteiger partial charge in [0.2, 0.25) is 5.76 Å². The summed E-state index contributed by atoms with van der Waals surface area (Å²) in [6.07, 6.45) is 1.08. The van der Waals surface area contributed by atoms with Crippen LogP contribution in [0.3, 0.4) is 0 Å². The van der Waals surface area contributed by atoms with Gasteiger partial charge in [0.05, 0.1) is 0 Å². The highest BCUT2D eigenvalue weighted by molar-refractivity contribution is 6.14. The average molecular weight is 409 g/mol. The molecule has 7 heteroatoms. The molecule has 2 aromatic carbocycles. The van der Waals surface area contributed by atoms with Gasteiger partial charge in [0.25, 0.3) is 11.8 Å². The number of hydrogen-bond donors (Lipinski definition) is 1. The van der Waals surface area contributed by atoms with Crippen LogP contribution in [0.15, 0.2) is 52.9 Å². The van der Waals surface area contributed by atoms with Gasteiger partial charge < -0.3 is 14.6 Å². The van der Waals surface area contributed by atoms with Crippen molar-refractivity contribution in [3.63, 3.8) is 0 Å². The van der Waals surface area contributed by atoms with Gasteiger partial charge in [0, 0.05) is 37.1 Å². The lowest BCUT2D eigenvalue weighted by Crippen LogP contribution is -2.48. The number of piperazine rings is 1. The average Bonchev–Trinajstić information content (AvgIpc) is 3.13. The van der Waals surface area contributed by atoms with Gasteiger partial charge in [-0.05, 0) is 49.4 Å². The monoisotopic (exact) mass is 409 g/mol. The van der Waals surface area contributed by atoms with E-state index in [1.165, 1.54) is 24.3 Å². The topological polar surface area (TPSA) is 65.8 Å². The fraction of sp³-hybridized carbons (Fsp3) is 0.304. The van der Waals surface area contributed by atoms with E-state index in [-0.39, 0.29) is 11.7 Å². The molecule has 1 aliphatic heterocycles. The number of furan rings is 1. The lowest BCUT2D eigenvalue weighted by molar-refractivity contribution is 0.0610. The van der Waals surface area contributed by atoms with E-state index in [9.17, 15) is 14.0 Å². The van der Waals surface area contributed by atoms with Crippen LogP contribution in [0, 0.1) is 5.82 Å². The first kappa shape index (κ1) is 20.1. The fourth-order valence-electron chi connectivity index (χ4n) is 3.74. The van der Waals surface area contributed by atoms with E-state index in [0.717, 1.165) is 26.1 Å². The minimum atomic E-state index is -0.427. The first-order valence-electron chi connectivity index (χ1n) is 10.2. The highest BCUT2D eigenvalue weighted by atomic mass is 19.1. The molecule has 0 saturated carbocycles. The third-order valence-corrected chi connectivity index (χ3v) is 5.33. The van der Waals surface area contributed by atoms with Crippen molar-refractivity contribution in [3.8, 4) is 0 Å². The van der Waals surface area contributed by atoms with Crippen molar-refractivity contribution in [2.75, 3.05) is 38.0 Å². The quantitative estimate of drug-likeness (QED) is 0.692. The number of amides is 2. The number of rotatable bonds is 5. The number of benzene rings is 2. The molecule has 0 radical (unpaired) electrons. The van der Waals surface area contributed by atoms with E-state index in [0.29, 0.717) is 35.3 Å². The van der Waals surface area contributed by atoms with E-state index in [4.69, 9.17) is 4.42 Å². The van der Waals surface area contributed by atoms with E-state index in [2.05, 4.69) is 17.1 Å². The van der Waals surface area contributed by atoms with Crippen LogP contribution < -0.4 is 5.32 Å². The van der Waals surface area contributed by atoms with Gasteiger partial charge in [0.15, 0.2) is 0 Å². The second kappa shape index (κ2) is 8.67. The van der Waals surface area contributed by atoms with Crippen LogP contribution in [0.4, 0.5) is 10.1 Å². The van der Waals surface area contributed by atoms with Crippen molar-refractivity contribution < 1.29 is 18.4 Å². The van der Waals surface area contributed by atoms with Crippen molar-refractivity contribution in [3.05, 3.63) is 65.7 Å². The van der Waals surface area contributed by atoms with Gasteiger partial charge in [-0.2, -0.15) is 0 Å². The Morgan fingerprint density at radius 1 is 1.03 bits per heavy atom. The summed E-state index contributed by atoms with van der Waals surface area (Å²) in [4.78, 5) is 30.1. The molecule has 0 aliphatic carbocycles. The number of halogens is 1. The van der Waals surface area contributed by atoms with Gasteiger partial charge in [-0.1, -0.05) is 19.1 Å². The van der Waals surface area contributed by atoms with Crippen LogP contribution in [-0.2, 0) is 0 Å². The zero-order valence-corrected chi connectivity index (χ0v) is 16.9. The van der Waals surface area contributed by atoms with Crippen LogP contribution in [0.1, 0.15) is 34.3 Å². The minimum Gasteiger partial charge on any atom is -0.449 e. The molecular weight excluding hydrogens is 385 g/mol. The third-order valence-electron chi connectivity index (χ3n) is 5.33. The zero-order valence-electron chi connectivity index (χ0n) is 16.9. The Hall–Kier alpha value is -3.19. The largest absolute Gasteiger partial charge is 0.449 e. The predicted molar refractivity (Wildman–Crippen MR) is 113 cm³/mol. The Labute approximate surface area is 174 Å². The molecule has 4 rings (SSSR count). The molecule has 1 saturated heterocycles. The Bertz CT molecular complexity index is 1050. The maximum Gasteiger partial charge on any atom is 0.291 e. The summed E-state index contributed by atoms with van der Waals surface area (Å²) < 4.78 is 19.1. The Kier molecular flexibility index (Phi) is 5.81. The molecule has 0 atom stereocenters. The zero-order chi connectivity index (χ0) is 21.1. The molecular formula is C23H24FN3O3. The van der Waals surface area contributed by atoms with Gasteiger partial charge in [0.1, 0.15) is 17.1 Å². The van der Waals surface area contributed by atoms with Gasteiger partial charge >= 0.3 is 0 Å². The van der Waals surface area contributed by atoms with Gasteiger partial charge in [-0.15, -0.1) is 0 Å². The van der Waals surface area contributed by atoms with Crippen molar-refractivity contribution in [1.82, 2.24) is 9.80 Å². The van der Waals surface area contributed by atoms with Crippen molar-refractivity contribution in [2.45, 2.75) is 13.3 Å². The van der Waals surface area contributed by atoms with Crippen molar-refractivity contribution >= 4 is 28.5 Å². The predicted octanol–water partition coefficient (Wildman–Crippen LogP) is 3.99. The number of hydrogen-bond acceptors (Lipinski definition) is 4. The molecule has 1 N–H and O–H groups in total. The molecule has 0 unspecified atom stereocenters. The van der Waals surface area contributed by atoms with Crippen LogP contribution in [-0.4, -0.2) is 54.3 Å². The maximum absolute atomic E-state index is 13.2. The summed E-state index contributed by atoms with van der Waals surface area (Å²) >= 11 is 0. The summed E-state index contributed by atoms with van der Waals surface area (Å²) in [5, 5.41) is 3.46. The summed E-state index contributed by atoms with van der Waals surface area (Å²) in [5.41, 5.74) is 1.18. The van der Waals surface area contributed by atoms with Crippen LogP contribution in [0.5, 0.6) is 0 Å². The molecule has 6 nitrogen and oxygen atoms in total. The van der Waals surface area contributed by atoms with Crippen LogP contribution in [0.2, 0.25) is 0 Å². The highest BCUT2D eigenvalue weighted by Crippen LogP contribution is 2.32.